The van der Waals surface area contributed by atoms with Crippen LogP contribution < -0.4 is 0 Å². The van der Waals surface area contributed by atoms with Crippen molar-refractivity contribution in [2.45, 2.75) is 6.54 Å². The molecule has 2 aromatic heterocycles. The van der Waals surface area contributed by atoms with E-state index in [1.165, 1.54) is 11.9 Å². The minimum atomic E-state index is -0.386. The predicted octanol–water partition coefficient (Wildman–Crippen LogP) is 1.16. The van der Waals surface area contributed by atoms with E-state index < -0.39 is 0 Å². The molecule has 0 saturated heterocycles. The van der Waals surface area contributed by atoms with E-state index in [9.17, 15) is 4.79 Å². The highest BCUT2D eigenvalue weighted by atomic mass is 16.5. The lowest BCUT2D eigenvalue weighted by molar-refractivity contribution is 0.0601. The minimum absolute atomic E-state index is 0.354. The quantitative estimate of drug-likeness (QED) is 0.663. The molecule has 1 aromatic carbocycles. The fraction of sp³-hybridized carbons (Fsp3) is 0.154. The molecular weight excluding hydrogens is 274 g/mol. The Balaban J connectivity index is 1.78. The number of carbonyl (C=O) groups excluding carboxylic acids is 1. The maximum absolute atomic E-state index is 11.4. The molecule has 106 valence electrons. The Hall–Kier alpha value is -3.03. The third-order valence-corrected chi connectivity index (χ3v) is 2.81. The fourth-order valence-corrected chi connectivity index (χ4v) is 1.76. The van der Waals surface area contributed by atoms with Crippen molar-refractivity contribution in [2.24, 2.45) is 0 Å². The lowest BCUT2D eigenvalue weighted by Gasteiger charge is -1.99. The number of hydrogen-bond donors (Lipinski definition) is 0. The van der Waals surface area contributed by atoms with Crippen LogP contribution in [0.4, 0.5) is 0 Å². The van der Waals surface area contributed by atoms with E-state index in [0.717, 1.165) is 5.56 Å². The zero-order valence-electron chi connectivity index (χ0n) is 11.1. The average molecular weight is 285 g/mol. The SMILES string of the molecule is COC(=O)c1ccc(-c2nnn(Cc3ccno3)n2)cc1. The molecule has 0 aliphatic rings. The Morgan fingerprint density at radius 2 is 2.10 bits per heavy atom. The Labute approximate surface area is 119 Å². The highest BCUT2D eigenvalue weighted by Gasteiger charge is 2.10. The van der Waals surface area contributed by atoms with Crippen molar-refractivity contribution in [3.8, 4) is 11.4 Å². The molecule has 0 aliphatic heterocycles. The third kappa shape index (κ3) is 2.78. The summed E-state index contributed by atoms with van der Waals surface area (Å²) in [7, 11) is 1.34. The van der Waals surface area contributed by atoms with Gasteiger partial charge in [-0.2, -0.15) is 4.80 Å². The van der Waals surface area contributed by atoms with Gasteiger partial charge in [-0.3, -0.25) is 0 Å². The first-order chi connectivity index (χ1) is 10.3. The second-order valence-corrected chi connectivity index (χ2v) is 4.19. The number of rotatable bonds is 4. The summed E-state index contributed by atoms with van der Waals surface area (Å²) in [6, 6.07) is 8.51. The van der Waals surface area contributed by atoms with Crippen LogP contribution in [0.15, 0.2) is 41.1 Å². The van der Waals surface area contributed by atoms with Crippen molar-refractivity contribution in [3.63, 3.8) is 0 Å². The van der Waals surface area contributed by atoms with Gasteiger partial charge in [0.2, 0.25) is 5.82 Å². The summed E-state index contributed by atoms with van der Waals surface area (Å²) >= 11 is 0. The zero-order chi connectivity index (χ0) is 14.7. The van der Waals surface area contributed by atoms with Crippen molar-refractivity contribution in [2.75, 3.05) is 7.11 Å². The van der Waals surface area contributed by atoms with Crippen molar-refractivity contribution >= 4 is 5.97 Å². The van der Waals surface area contributed by atoms with Crippen LogP contribution in [0, 0.1) is 0 Å². The molecule has 0 unspecified atom stereocenters. The van der Waals surface area contributed by atoms with Gasteiger partial charge < -0.3 is 9.26 Å². The van der Waals surface area contributed by atoms with E-state index in [4.69, 9.17) is 4.52 Å². The number of benzene rings is 1. The number of ether oxygens (including phenoxy) is 1. The van der Waals surface area contributed by atoms with Crippen LogP contribution in [-0.4, -0.2) is 38.4 Å². The molecule has 21 heavy (non-hydrogen) atoms. The topological polar surface area (TPSA) is 95.9 Å². The minimum Gasteiger partial charge on any atom is -0.465 e. The first-order valence-electron chi connectivity index (χ1n) is 6.12. The van der Waals surface area contributed by atoms with Crippen LogP contribution in [0.5, 0.6) is 0 Å². The van der Waals surface area contributed by atoms with Crippen molar-refractivity contribution < 1.29 is 14.1 Å². The van der Waals surface area contributed by atoms with E-state index in [2.05, 4.69) is 25.3 Å². The van der Waals surface area contributed by atoms with Gasteiger partial charge in [-0.05, 0) is 17.3 Å². The molecule has 0 spiro atoms. The molecule has 0 radical (unpaired) electrons. The number of esters is 1. The van der Waals surface area contributed by atoms with Gasteiger partial charge in [-0.25, -0.2) is 4.79 Å². The molecule has 0 saturated carbocycles. The number of nitrogens with zero attached hydrogens (tertiary/aromatic N) is 5. The smallest absolute Gasteiger partial charge is 0.337 e. The van der Waals surface area contributed by atoms with Crippen LogP contribution >= 0.6 is 0 Å². The summed E-state index contributed by atoms with van der Waals surface area (Å²) in [4.78, 5) is 12.8. The molecule has 0 aliphatic carbocycles. The van der Waals surface area contributed by atoms with Gasteiger partial charge in [-0.1, -0.05) is 17.3 Å². The van der Waals surface area contributed by atoms with Crippen LogP contribution in [0.25, 0.3) is 11.4 Å². The Bertz CT molecular complexity index is 734. The van der Waals surface area contributed by atoms with E-state index >= 15 is 0 Å². The molecule has 8 heteroatoms. The van der Waals surface area contributed by atoms with E-state index in [-0.39, 0.29) is 5.97 Å². The normalized spacial score (nSPS) is 10.5. The van der Waals surface area contributed by atoms with E-state index in [1.807, 2.05) is 0 Å². The molecule has 3 aromatic rings. The van der Waals surface area contributed by atoms with Crippen LogP contribution in [-0.2, 0) is 11.3 Å². The van der Waals surface area contributed by atoms with Crippen molar-refractivity contribution in [1.82, 2.24) is 25.4 Å². The lowest BCUT2D eigenvalue weighted by atomic mass is 10.1. The molecule has 8 nitrogen and oxygen atoms in total. The van der Waals surface area contributed by atoms with Gasteiger partial charge in [0.05, 0.1) is 18.9 Å². The number of hydrogen-bond acceptors (Lipinski definition) is 7. The Morgan fingerprint density at radius 1 is 1.29 bits per heavy atom. The summed E-state index contributed by atoms with van der Waals surface area (Å²) < 4.78 is 9.62. The molecule has 0 amide bonds. The average Bonchev–Trinajstić information content (AvgIpc) is 3.19. The van der Waals surface area contributed by atoms with Crippen LogP contribution in [0.2, 0.25) is 0 Å². The first kappa shape index (κ1) is 13.0. The van der Waals surface area contributed by atoms with Gasteiger partial charge in [0.1, 0.15) is 6.54 Å². The predicted molar refractivity (Wildman–Crippen MR) is 70.2 cm³/mol. The highest BCUT2D eigenvalue weighted by molar-refractivity contribution is 5.89. The van der Waals surface area contributed by atoms with Crippen molar-refractivity contribution in [3.05, 3.63) is 47.9 Å². The number of methoxy groups -OCH3 is 1. The summed E-state index contributed by atoms with van der Waals surface area (Å²) in [6.45, 7) is 0.354. The summed E-state index contributed by atoms with van der Waals surface area (Å²) in [5, 5.41) is 15.8. The largest absolute Gasteiger partial charge is 0.465 e. The molecule has 0 N–H and O–H groups in total. The number of aromatic nitrogens is 5. The third-order valence-electron chi connectivity index (χ3n) is 2.81. The number of carbonyl (C=O) groups is 1. The maximum Gasteiger partial charge on any atom is 0.337 e. The summed E-state index contributed by atoms with van der Waals surface area (Å²) in [6.07, 6.45) is 1.55. The van der Waals surface area contributed by atoms with Gasteiger partial charge >= 0.3 is 5.97 Å². The Kier molecular flexibility index (Phi) is 3.42. The zero-order valence-corrected chi connectivity index (χ0v) is 11.1. The standard InChI is InChI=1S/C13H11N5O3/c1-20-13(19)10-4-2-9(3-5-10)12-15-17-18(16-12)8-11-6-7-14-21-11/h2-7H,8H2,1H3. The van der Waals surface area contributed by atoms with Crippen molar-refractivity contribution in [1.29, 1.82) is 0 Å². The second kappa shape index (κ2) is 5.53. The monoisotopic (exact) mass is 285 g/mol. The maximum atomic E-state index is 11.4. The van der Waals surface area contributed by atoms with Gasteiger partial charge in [0.25, 0.3) is 0 Å². The van der Waals surface area contributed by atoms with E-state index in [0.29, 0.717) is 23.7 Å². The fourth-order valence-electron chi connectivity index (χ4n) is 1.76. The van der Waals surface area contributed by atoms with Gasteiger partial charge in [0.15, 0.2) is 5.76 Å². The second-order valence-electron chi connectivity index (χ2n) is 4.19. The molecule has 2 heterocycles. The summed E-state index contributed by atoms with van der Waals surface area (Å²) in [5.74, 6) is 0.717. The molecule has 0 bridgehead atoms. The first-order valence-corrected chi connectivity index (χ1v) is 6.12. The summed E-state index contributed by atoms with van der Waals surface area (Å²) in [5.41, 5.74) is 1.22. The van der Waals surface area contributed by atoms with Gasteiger partial charge in [0, 0.05) is 11.6 Å². The molecular formula is C13H11N5O3. The highest BCUT2D eigenvalue weighted by Crippen LogP contribution is 2.15. The molecule has 0 atom stereocenters. The number of tetrazole rings is 1. The van der Waals surface area contributed by atoms with Crippen LogP contribution in [0.1, 0.15) is 16.1 Å². The lowest BCUT2D eigenvalue weighted by Crippen LogP contribution is -2.03. The van der Waals surface area contributed by atoms with Gasteiger partial charge in [-0.15, -0.1) is 10.2 Å². The Morgan fingerprint density at radius 3 is 2.76 bits per heavy atom. The molecule has 3 rings (SSSR count). The molecule has 0 fully saturated rings. The van der Waals surface area contributed by atoms with E-state index in [1.54, 1.807) is 36.5 Å². The van der Waals surface area contributed by atoms with Crippen LogP contribution in [0.3, 0.4) is 0 Å².